The molecule has 20 aliphatic rings. The maximum absolute atomic E-state index is 2.68. The van der Waals surface area contributed by atoms with Gasteiger partial charge >= 0.3 is 0 Å². The second kappa shape index (κ2) is 23.1. The van der Waals surface area contributed by atoms with Gasteiger partial charge in [0.25, 0.3) is 0 Å². The maximum Gasteiger partial charge on any atom is -0.0318 e. The van der Waals surface area contributed by atoms with Gasteiger partial charge < -0.3 is 0 Å². The normalized spacial score (nSPS) is 60.8. The first-order valence-electron chi connectivity index (χ1n) is 43.1. The predicted molar refractivity (Wildman–Crippen MR) is 359 cm³/mol. The van der Waals surface area contributed by atoms with Crippen LogP contribution < -0.4 is 0 Å². The van der Waals surface area contributed by atoms with E-state index in [1.807, 2.05) is 0 Å². The molecule has 0 radical (unpaired) electrons. The third-order valence-electron chi connectivity index (χ3n) is 39.3. The highest BCUT2D eigenvalue weighted by Crippen LogP contribution is 2.77. The Morgan fingerprint density at radius 2 is 0.287 bits per heavy atom. The van der Waals surface area contributed by atoms with Crippen LogP contribution in [0.3, 0.4) is 0 Å². The van der Waals surface area contributed by atoms with Crippen LogP contribution in [0.15, 0.2) is 0 Å². The summed E-state index contributed by atoms with van der Waals surface area (Å²) < 4.78 is 0. The lowest BCUT2D eigenvalue weighted by molar-refractivity contribution is -0.250. The lowest BCUT2D eigenvalue weighted by Crippen LogP contribution is -2.67. The quantitative estimate of drug-likeness (QED) is 0.257. The summed E-state index contributed by atoms with van der Waals surface area (Å²) in [7, 11) is 0. The molecule has 0 spiro atoms. The van der Waals surface area contributed by atoms with Crippen molar-refractivity contribution in [1.82, 2.24) is 0 Å². The second-order valence-corrected chi connectivity index (χ2v) is 40.2. The molecule has 0 aromatic heterocycles. The molecule has 0 saturated heterocycles. The Balaban J connectivity index is 0.528. The highest BCUT2D eigenvalue weighted by atomic mass is 14.8. The van der Waals surface area contributed by atoms with Crippen molar-refractivity contribution >= 4 is 0 Å². The van der Waals surface area contributed by atoms with Gasteiger partial charge in [-0.3, -0.25) is 0 Å². The molecule has 20 fully saturated rings. The van der Waals surface area contributed by atoms with Crippen molar-refractivity contribution in [3.05, 3.63) is 0 Å². The van der Waals surface area contributed by atoms with E-state index in [4.69, 9.17) is 0 Å². The summed E-state index contributed by atoms with van der Waals surface area (Å²) >= 11 is 0. The van der Waals surface area contributed by atoms with Crippen LogP contribution in [0.1, 0.15) is 309 Å². The van der Waals surface area contributed by atoms with E-state index in [2.05, 4.69) is 6.92 Å². The summed E-state index contributed by atoms with van der Waals surface area (Å²) in [5.74, 6) is 44.4. The van der Waals surface area contributed by atoms with E-state index in [9.17, 15) is 0 Å². The Morgan fingerprint density at radius 3 is 0.621 bits per heavy atom. The fourth-order valence-electron chi connectivity index (χ4n) is 38.0. The van der Waals surface area contributed by atoms with Crippen molar-refractivity contribution in [3.63, 3.8) is 0 Å². The highest BCUT2D eigenvalue weighted by molar-refractivity contribution is 5.19. The molecule has 0 N–H and O–H groups in total. The maximum atomic E-state index is 2.68. The highest BCUT2D eigenvalue weighted by Gasteiger charge is 2.70. The molecule has 484 valence electrons. The lowest BCUT2D eigenvalue weighted by Gasteiger charge is -2.73. The van der Waals surface area contributed by atoms with Crippen LogP contribution in [-0.4, -0.2) is 0 Å². The van der Waals surface area contributed by atoms with Crippen LogP contribution in [0.5, 0.6) is 0 Å². The second-order valence-electron chi connectivity index (χ2n) is 40.2. The number of rotatable bonds is 5. The van der Waals surface area contributed by atoms with Gasteiger partial charge in [-0.15, -0.1) is 0 Å². The Hall–Kier alpha value is 0. The van der Waals surface area contributed by atoms with Gasteiger partial charge in [0.05, 0.1) is 0 Å². The molecule has 0 heteroatoms. The van der Waals surface area contributed by atoms with E-state index in [1.165, 1.54) is 23.7 Å². The van der Waals surface area contributed by atoms with Gasteiger partial charge in [0.2, 0.25) is 0 Å². The Labute approximate surface area is 536 Å². The summed E-state index contributed by atoms with van der Waals surface area (Å²) in [6.45, 7) is 2.68. The molecule has 20 aliphatic carbocycles. The summed E-state index contributed by atoms with van der Waals surface area (Å²) in [6, 6.07) is 0. The Bertz CT molecular complexity index is 2360. The van der Waals surface area contributed by atoms with E-state index < -0.39 is 0 Å². The molecular formula is C87H136. The fraction of sp³-hybridized carbons (Fsp3) is 1.00. The smallest absolute Gasteiger partial charge is 0.0318 e. The Morgan fingerprint density at radius 1 is 0.115 bits per heavy atom. The molecule has 0 nitrogen and oxygen atoms in total. The van der Waals surface area contributed by atoms with Gasteiger partial charge in [-0.1, -0.05) is 110 Å². The molecule has 38 atom stereocenters. The van der Waals surface area contributed by atoms with Gasteiger partial charge in [-0.2, -0.15) is 0 Å². The van der Waals surface area contributed by atoms with E-state index in [0.717, 1.165) is 207 Å². The van der Waals surface area contributed by atoms with Crippen LogP contribution in [0.2, 0.25) is 0 Å². The fourth-order valence-corrected chi connectivity index (χ4v) is 38.0. The standard InChI is InChI=1S/C87H136/c1-49-15-9-23-53-51(49)22-10-24-58(53)59-25-11-27-61-60(59)26-12-28-62(61)66-37-39-72-76-43-47-80-79-46-42-75-71-32-14-30-69-67(65-36-35-64(56-20-7-8-21-57(56)65)63-34-33-52(50-16-3-2-4-17-50)54-18-5-6-19-55(54)63)38-40-73(83(69)71)77-44-48-81(87(79)85(75)77)78-45-41-74(84(76)86(78)80)70-31-13-29-68(66)82(70)72/h49-87H,2-48H2,1H3. The topological polar surface area (TPSA) is 0 Å². The number of hydrogen-bond donors (Lipinski definition) is 0. The molecule has 0 aromatic rings. The van der Waals surface area contributed by atoms with Crippen LogP contribution in [-0.2, 0) is 0 Å². The van der Waals surface area contributed by atoms with E-state index in [1.54, 1.807) is 302 Å². The minimum atomic E-state index is 1.03. The number of fused-ring (bicyclic) bond motifs is 10. The zero-order valence-corrected chi connectivity index (χ0v) is 56.8. The minimum absolute atomic E-state index is 1.03. The molecule has 0 bridgehead atoms. The Kier molecular flexibility index (Phi) is 15.2. The van der Waals surface area contributed by atoms with E-state index in [-0.39, 0.29) is 0 Å². The molecular weight excluding hydrogens is 1040 g/mol. The average molecular weight is 1180 g/mol. The zero-order chi connectivity index (χ0) is 56.8. The van der Waals surface area contributed by atoms with Crippen LogP contribution >= 0.6 is 0 Å². The van der Waals surface area contributed by atoms with Crippen molar-refractivity contribution in [2.45, 2.75) is 309 Å². The molecule has 20 rings (SSSR count). The monoisotopic (exact) mass is 1180 g/mol. The van der Waals surface area contributed by atoms with Gasteiger partial charge in [0.15, 0.2) is 0 Å². The van der Waals surface area contributed by atoms with Gasteiger partial charge in [-0.05, 0) is 430 Å². The van der Waals surface area contributed by atoms with Crippen molar-refractivity contribution in [2.75, 3.05) is 0 Å². The molecule has 87 heavy (non-hydrogen) atoms. The third kappa shape index (κ3) is 8.84. The van der Waals surface area contributed by atoms with Crippen LogP contribution in [0, 0.1) is 231 Å². The molecule has 20 saturated carbocycles. The van der Waals surface area contributed by atoms with Crippen LogP contribution in [0.25, 0.3) is 0 Å². The summed E-state index contributed by atoms with van der Waals surface area (Å²) in [6.07, 6.45) is 77.4. The first-order valence-corrected chi connectivity index (χ1v) is 43.1. The van der Waals surface area contributed by atoms with E-state index in [0.29, 0.717) is 0 Å². The van der Waals surface area contributed by atoms with Gasteiger partial charge in [-0.25, -0.2) is 0 Å². The lowest BCUT2D eigenvalue weighted by atomic mass is 9.32. The van der Waals surface area contributed by atoms with Gasteiger partial charge in [0.1, 0.15) is 0 Å². The molecule has 0 aliphatic heterocycles. The average Bonchev–Trinajstić information content (AvgIpc) is 0.739. The summed E-state index contributed by atoms with van der Waals surface area (Å²) in [5, 5.41) is 0. The summed E-state index contributed by atoms with van der Waals surface area (Å²) in [4.78, 5) is 0. The number of hydrogen-bond acceptors (Lipinski definition) is 0. The van der Waals surface area contributed by atoms with Crippen molar-refractivity contribution in [2.24, 2.45) is 231 Å². The molecule has 0 heterocycles. The SMILES string of the molecule is CC1CCCC2C1CCCC2C1CCCC2C1CCCC2C1CCC2C3CCC4C5CCC6C7CCCC8C(C9CCC(C%10CCC(C%11CCCCC%11)C%11CCCCC%11%10)C%10CCCCC%109)CCC(C9CCC(C%10CCC(C%11CCCC1C2%11)C3C4%10)C5C69)C87. The summed E-state index contributed by atoms with van der Waals surface area (Å²) in [5.41, 5.74) is 0. The van der Waals surface area contributed by atoms with Crippen molar-refractivity contribution in [3.8, 4) is 0 Å². The largest absolute Gasteiger partial charge is 0.0622 e. The molecule has 38 unspecified atom stereocenters. The third-order valence-corrected chi connectivity index (χ3v) is 39.3. The van der Waals surface area contributed by atoms with Crippen molar-refractivity contribution < 1.29 is 0 Å². The van der Waals surface area contributed by atoms with Gasteiger partial charge in [0, 0.05) is 0 Å². The molecule has 0 aromatic carbocycles. The molecule has 0 amide bonds. The van der Waals surface area contributed by atoms with Crippen LogP contribution in [0.4, 0.5) is 0 Å². The van der Waals surface area contributed by atoms with E-state index >= 15 is 0 Å². The zero-order valence-electron chi connectivity index (χ0n) is 56.8. The van der Waals surface area contributed by atoms with Crippen molar-refractivity contribution in [1.29, 1.82) is 0 Å². The minimum Gasteiger partial charge on any atom is -0.0622 e. The predicted octanol–water partition coefficient (Wildman–Crippen LogP) is 23.6. The first kappa shape index (κ1) is 57.3. The first-order chi connectivity index (χ1) is 43.1.